The quantitative estimate of drug-likeness (QED) is 0.580. The SMILES string of the molecule is COCCCN1C(=S)N[C@@H](c2ccccn2)[C@@H]1c1cc(C)n(C2CC2)c1C. The van der Waals surface area contributed by atoms with Crippen LogP contribution in [-0.4, -0.2) is 39.8 Å². The molecule has 2 aliphatic rings. The molecule has 27 heavy (non-hydrogen) atoms. The van der Waals surface area contributed by atoms with Crippen molar-refractivity contribution in [2.75, 3.05) is 20.3 Å². The molecule has 2 fully saturated rings. The molecule has 1 saturated heterocycles. The van der Waals surface area contributed by atoms with Crippen LogP contribution in [0.2, 0.25) is 0 Å². The number of methoxy groups -OCH3 is 1. The average Bonchev–Trinajstić information content (AvgIpc) is 3.39. The van der Waals surface area contributed by atoms with E-state index < -0.39 is 0 Å². The van der Waals surface area contributed by atoms with Gasteiger partial charge in [0.15, 0.2) is 5.11 Å². The minimum Gasteiger partial charge on any atom is -0.385 e. The lowest BCUT2D eigenvalue weighted by Crippen LogP contribution is -2.31. The van der Waals surface area contributed by atoms with Gasteiger partial charge in [0.1, 0.15) is 0 Å². The number of pyridine rings is 1. The van der Waals surface area contributed by atoms with Crippen molar-refractivity contribution in [3.05, 3.63) is 53.1 Å². The van der Waals surface area contributed by atoms with Gasteiger partial charge in [0.05, 0.1) is 17.8 Å². The third kappa shape index (κ3) is 3.48. The summed E-state index contributed by atoms with van der Waals surface area (Å²) in [6.45, 7) is 6.09. The summed E-state index contributed by atoms with van der Waals surface area (Å²) in [7, 11) is 1.75. The van der Waals surface area contributed by atoms with E-state index in [0.717, 1.165) is 30.4 Å². The zero-order valence-corrected chi connectivity index (χ0v) is 17.1. The van der Waals surface area contributed by atoms with E-state index in [4.69, 9.17) is 17.0 Å². The second kappa shape index (κ2) is 7.60. The Morgan fingerprint density at radius 1 is 1.30 bits per heavy atom. The van der Waals surface area contributed by atoms with Crippen molar-refractivity contribution in [2.24, 2.45) is 0 Å². The topological polar surface area (TPSA) is 42.3 Å². The van der Waals surface area contributed by atoms with Gasteiger partial charge in [-0.1, -0.05) is 6.07 Å². The lowest BCUT2D eigenvalue weighted by molar-refractivity contribution is 0.180. The number of nitrogens with one attached hydrogen (secondary N) is 1. The molecule has 5 nitrogen and oxygen atoms in total. The molecule has 0 spiro atoms. The van der Waals surface area contributed by atoms with Crippen molar-refractivity contribution >= 4 is 17.3 Å². The van der Waals surface area contributed by atoms with Crippen LogP contribution in [0, 0.1) is 13.8 Å². The number of thiocarbonyl (C=S) groups is 1. The van der Waals surface area contributed by atoms with Crippen molar-refractivity contribution in [1.82, 2.24) is 19.8 Å². The fourth-order valence-corrected chi connectivity index (χ4v) is 4.69. The van der Waals surface area contributed by atoms with E-state index in [1.54, 1.807) is 7.11 Å². The van der Waals surface area contributed by atoms with E-state index in [1.165, 1.54) is 29.8 Å². The number of ether oxygens (including phenoxy) is 1. The van der Waals surface area contributed by atoms with E-state index in [0.29, 0.717) is 6.04 Å². The van der Waals surface area contributed by atoms with Gasteiger partial charge in [-0.05, 0) is 69.1 Å². The first-order valence-electron chi connectivity index (χ1n) is 9.77. The van der Waals surface area contributed by atoms with Gasteiger partial charge >= 0.3 is 0 Å². The molecule has 0 unspecified atom stereocenters. The summed E-state index contributed by atoms with van der Waals surface area (Å²) in [6, 6.07) is 9.35. The van der Waals surface area contributed by atoms with Gasteiger partial charge in [-0.3, -0.25) is 4.98 Å². The van der Waals surface area contributed by atoms with Crippen molar-refractivity contribution in [2.45, 2.75) is 51.2 Å². The molecule has 3 heterocycles. The monoisotopic (exact) mass is 384 g/mol. The van der Waals surface area contributed by atoms with Crippen molar-refractivity contribution in [3.63, 3.8) is 0 Å². The Labute approximate surface area is 166 Å². The van der Waals surface area contributed by atoms with Gasteiger partial charge < -0.3 is 19.5 Å². The Balaban J connectivity index is 1.73. The molecule has 1 N–H and O–H groups in total. The number of rotatable bonds is 7. The fraction of sp³-hybridized carbons (Fsp3) is 0.524. The van der Waals surface area contributed by atoms with Crippen molar-refractivity contribution < 1.29 is 4.74 Å². The van der Waals surface area contributed by atoms with E-state index in [9.17, 15) is 0 Å². The Morgan fingerprint density at radius 3 is 2.78 bits per heavy atom. The predicted molar refractivity (Wildman–Crippen MR) is 111 cm³/mol. The zero-order chi connectivity index (χ0) is 19.0. The summed E-state index contributed by atoms with van der Waals surface area (Å²) >= 11 is 5.73. The maximum Gasteiger partial charge on any atom is 0.170 e. The van der Waals surface area contributed by atoms with Crippen LogP contribution in [0.1, 0.15) is 60.0 Å². The van der Waals surface area contributed by atoms with Gasteiger partial charge in [0, 0.05) is 43.9 Å². The van der Waals surface area contributed by atoms with Crippen LogP contribution in [-0.2, 0) is 4.74 Å². The van der Waals surface area contributed by atoms with Gasteiger partial charge in [0.2, 0.25) is 0 Å². The molecule has 1 aliphatic carbocycles. The highest BCUT2D eigenvalue weighted by atomic mass is 32.1. The van der Waals surface area contributed by atoms with Crippen LogP contribution in [0.5, 0.6) is 0 Å². The summed E-state index contributed by atoms with van der Waals surface area (Å²) in [6.07, 6.45) is 5.39. The van der Waals surface area contributed by atoms with Crippen LogP contribution in [0.3, 0.4) is 0 Å². The maximum absolute atomic E-state index is 5.73. The minimum atomic E-state index is 0.0643. The summed E-state index contributed by atoms with van der Waals surface area (Å²) < 4.78 is 7.78. The standard InChI is InChI=1S/C21H28N4OS/c1-14-13-17(15(2)25(14)16-8-9-16)20-19(18-7-4-5-10-22-18)23-21(27)24(20)11-6-12-26-3/h4-5,7,10,13,16,19-20H,6,8-9,11-12H2,1-3H3,(H,23,27)/t19-,20-/m0/s1. The molecular formula is C21H28N4OS. The summed E-state index contributed by atoms with van der Waals surface area (Å²) in [4.78, 5) is 6.95. The molecule has 0 amide bonds. The highest BCUT2D eigenvalue weighted by Gasteiger charge is 2.41. The van der Waals surface area contributed by atoms with Crippen LogP contribution in [0.15, 0.2) is 30.5 Å². The Hall–Kier alpha value is -1.92. The van der Waals surface area contributed by atoms with Crippen molar-refractivity contribution in [3.8, 4) is 0 Å². The lowest BCUT2D eigenvalue weighted by atomic mass is 9.96. The number of hydrogen-bond acceptors (Lipinski definition) is 3. The molecule has 6 heteroatoms. The Kier molecular flexibility index (Phi) is 5.19. The van der Waals surface area contributed by atoms with Gasteiger partial charge in [0.25, 0.3) is 0 Å². The highest BCUT2D eigenvalue weighted by molar-refractivity contribution is 7.80. The van der Waals surface area contributed by atoms with E-state index in [2.05, 4.69) is 45.7 Å². The first-order chi connectivity index (χ1) is 13.1. The summed E-state index contributed by atoms with van der Waals surface area (Å²) in [5.74, 6) is 0. The molecule has 0 bridgehead atoms. The molecule has 1 aliphatic heterocycles. The van der Waals surface area contributed by atoms with Crippen LogP contribution >= 0.6 is 12.2 Å². The molecular weight excluding hydrogens is 356 g/mol. The number of nitrogens with zero attached hydrogens (tertiary/aromatic N) is 3. The molecule has 0 aromatic carbocycles. The smallest absolute Gasteiger partial charge is 0.170 e. The first kappa shape index (κ1) is 18.4. The summed E-state index contributed by atoms with van der Waals surface area (Å²) in [5, 5.41) is 4.35. The second-order valence-electron chi connectivity index (χ2n) is 7.59. The van der Waals surface area contributed by atoms with Gasteiger partial charge in [-0.2, -0.15) is 0 Å². The first-order valence-corrected chi connectivity index (χ1v) is 10.2. The number of aromatic nitrogens is 2. The summed E-state index contributed by atoms with van der Waals surface area (Å²) in [5.41, 5.74) is 5.11. The van der Waals surface area contributed by atoms with Crippen LogP contribution in [0.4, 0.5) is 0 Å². The number of aryl methyl sites for hydroxylation is 1. The third-order valence-corrected chi connectivity index (χ3v) is 6.05. The van der Waals surface area contributed by atoms with Crippen LogP contribution < -0.4 is 5.32 Å². The molecule has 2 aromatic rings. The predicted octanol–water partition coefficient (Wildman–Crippen LogP) is 3.84. The lowest BCUT2D eigenvalue weighted by Gasteiger charge is -2.28. The molecule has 2 aromatic heterocycles. The van der Waals surface area contributed by atoms with E-state index in [1.807, 2.05) is 18.3 Å². The molecule has 1 saturated carbocycles. The maximum atomic E-state index is 5.73. The Bertz CT molecular complexity index is 815. The van der Waals surface area contributed by atoms with Crippen molar-refractivity contribution in [1.29, 1.82) is 0 Å². The second-order valence-corrected chi connectivity index (χ2v) is 7.98. The third-order valence-electron chi connectivity index (χ3n) is 5.70. The molecule has 0 radical (unpaired) electrons. The largest absolute Gasteiger partial charge is 0.385 e. The fourth-order valence-electron chi connectivity index (χ4n) is 4.36. The normalized spacial score (nSPS) is 22.3. The van der Waals surface area contributed by atoms with Gasteiger partial charge in [-0.15, -0.1) is 0 Å². The van der Waals surface area contributed by atoms with Gasteiger partial charge in [-0.25, -0.2) is 0 Å². The molecule has 2 atom stereocenters. The molecule has 4 rings (SSSR count). The van der Waals surface area contributed by atoms with E-state index in [-0.39, 0.29) is 12.1 Å². The zero-order valence-electron chi connectivity index (χ0n) is 16.3. The highest BCUT2D eigenvalue weighted by Crippen LogP contribution is 2.44. The molecule has 144 valence electrons. The van der Waals surface area contributed by atoms with E-state index >= 15 is 0 Å². The average molecular weight is 385 g/mol. The Morgan fingerprint density at radius 2 is 2.11 bits per heavy atom. The number of hydrogen-bond donors (Lipinski definition) is 1. The minimum absolute atomic E-state index is 0.0643. The van der Waals surface area contributed by atoms with Crippen LogP contribution in [0.25, 0.3) is 0 Å².